The van der Waals surface area contributed by atoms with E-state index in [4.69, 9.17) is 25.2 Å². The van der Waals surface area contributed by atoms with Crippen molar-refractivity contribution in [3.8, 4) is 0 Å². The highest BCUT2D eigenvalue weighted by Gasteiger charge is 2.26. The number of para-hydroxylation sites is 2. The van der Waals surface area contributed by atoms with E-state index < -0.39 is 5.97 Å². The Kier molecular flexibility index (Phi) is 5.94. The Labute approximate surface area is 170 Å². The minimum absolute atomic E-state index is 0.0329. The second-order valence-corrected chi connectivity index (χ2v) is 7.59. The van der Waals surface area contributed by atoms with Gasteiger partial charge in [-0.1, -0.05) is 38.3 Å². The number of hydrogen-bond donors (Lipinski definition) is 1. The van der Waals surface area contributed by atoms with Crippen molar-refractivity contribution in [2.75, 3.05) is 18.9 Å². The molecule has 7 heteroatoms. The number of rotatable bonds is 8. The third-order valence-electron chi connectivity index (χ3n) is 5.46. The number of nitrogens with two attached hydrogens (primary N) is 1. The average molecular weight is 396 g/mol. The van der Waals surface area contributed by atoms with Crippen LogP contribution >= 0.6 is 0 Å². The van der Waals surface area contributed by atoms with Crippen LogP contribution in [0.15, 0.2) is 24.3 Å². The molecular formula is C22H28N4O3. The van der Waals surface area contributed by atoms with Crippen molar-refractivity contribution < 1.29 is 14.3 Å². The first-order valence-electron chi connectivity index (χ1n) is 10.5. The van der Waals surface area contributed by atoms with Gasteiger partial charge in [-0.05, 0) is 31.4 Å². The maximum absolute atomic E-state index is 12.9. The van der Waals surface area contributed by atoms with Crippen LogP contribution in [0, 0.1) is 0 Å². The van der Waals surface area contributed by atoms with Gasteiger partial charge in [0, 0.05) is 13.2 Å². The van der Waals surface area contributed by atoms with Crippen molar-refractivity contribution in [3.63, 3.8) is 0 Å². The number of fused-ring (bicyclic) bond motifs is 2. The number of carbonyl (C=O) groups excluding carboxylic acids is 1. The Balaban J connectivity index is 1.69. The Morgan fingerprint density at radius 1 is 1.24 bits per heavy atom. The number of aryl methyl sites for hydroxylation is 1. The number of hydrogen-bond acceptors (Lipinski definition) is 6. The molecule has 0 aliphatic carbocycles. The molecule has 0 spiro atoms. The summed E-state index contributed by atoms with van der Waals surface area (Å²) in [7, 11) is 0. The Bertz CT molecular complexity index is 1010. The second-order valence-electron chi connectivity index (χ2n) is 7.59. The summed E-state index contributed by atoms with van der Waals surface area (Å²) in [5.74, 6) is -0.0796. The van der Waals surface area contributed by atoms with Crippen LogP contribution < -0.4 is 5.73 Å². The van der Waals surface area contributed by atoms with E-state index in [1.54, 1.807) is 0 Å². The molecule has 7 nitrogen and oxygen atoms in total. The van der Waals surface area contributed by atoms with E-state index in [0.717, 1.165) is 49.7 Å². The molecule has 1 atom stereocenters. The number of ether oxygens (including phenoxy) is 2. The molecule has 2 N–H and O–H groups in total. The first-order valence-corrected chi connectivity index (χ1v) is 10.5. The normalized spacial score (nSPS) is 16.7. The fourth-order valence-electron chi connectivity index (χ4n) is 3.86. The monoisotopic (exact) mass is 396 g/mol. The molecule has 4 rings (SSSR count). The molecule has 3 aromatic rings. The molecule has 1 aliphatic heterocycles. The van der Waals surface area contributed by atoms with Crippen LogP contribution in [0.1, 0.15) is 55.8 Å². The summed E-state index contributed by atoms with van der Waals surface area (Å²) in [6.07, 6.45) is 6.29. The van der Waals surface area contributed by atoms with Gasteiger partial charge in [0.1, 0.15) is 23.5 Å². The van der Waals surface area contributed by atoms with Crippen LogP contribution in [0.2, 0.25) is 0 Å². The minimum atomic E-state index is -0.458. The third kappa shape index (κ3) is 4.05. The summed E-state index contributed by atoms with van der Waals surface area (Å²) in [5.41, 5.74) is 9.41. The van der Waals surface area contributed by atoms with E-state index in [1.165, 1.54) is 6.42 Å². The predicted molar refractivity (Wildman–Crippen MR) is 113 cm³/mol. The van der Waals surface area contributed by atoms with Crippen LogP contribution in [0.5, 0.6) is 0 Å². The van der Waals surface area contributed by atoms with Crippen molar-refractivity contribution >= 4 is 34.0 Å². The molecule has 1 saturated heterocycles. The van der Waals surface area contributed by atoms with Crippen molar-refractivity contribution in [2.45, 2.75) is 58.1 Å². The first kappa shape index (κ1) is 19.6. The molecule has 1 fully saturated rings. The highest BCUT2D eigenvalue weighted by molar-refractivity contribution is 6.08. The molecule has 2 aromatic heterocycles. The number of carbonyl (C=O) groups is 1. The molecule has 3 heterocycles. The third-order valence-corrected chi connectivity index (χ3v) is 5.46. The van der Waals surface area contributed by atoms with Crippen molar-refractivity contribution in [1.29, 1.82) is 0 Å². The smallest absolute Gasteiger partial charge is 0.344 e. The number of esters is 1. The number of anilines is 1. The highest BCUT2D eigenvalue weighted by Crippen LogP contribution is 2.29. The lowest BCUT2D eigenvalue weighted by atomic mass is 10.2. The standard InChI is InChI=1S/C22H28N4O3/c1-2-3-4-7-12-26-20(23)18(22(27)29-14-15-9-8-13-28-15)19-21(26)25-17-11-6-5-10-16(17)24-19/h5-6,10-11,15H,2-4,7-9,12-14,23H2,1H3. The van der Waals surface area contributed by atoms with Crippen LogP contribution in [-0.4, -0.2) is 39.8 Å². The van der Waals surface area contributed by atoms with Gasteiger partial charge in [-0.15, -0.1) is 0 Å². The maximum atomic E-state index is 12.9. The fourth-order valence-corrected chi connectivity index (χ4v) is 3.86. The van der Waals surface area contributed by atoms with Gasteiger partial charge in [-0.3, -0.25) is 0 Å². The highest BCUT2D eigenvalue weighted by atomic mass is 16.6. The van der Waals surface area contributed by atoms with Crippen molar-refractivity contribution in [3.05, 3.63) is 29.8 Å². The van der Waals surface area contributed by atoms with Gasteiger partial charge in [0.25, 0.3) is 0 Å². The molecule has 29 heavy (non-hydrogen) atoms. The Morgan fingerprint density at radius 3 is 2.76 bits per heavy atom. The van der Waals surface area contributed by atoms with Crippen molar-refractivity contribution in [1.82, 2.24) is 14.5 Å². The van der Waals surface area contributed by atoms with Gasteiger partial charge >= 0.3 is 5.97 Å². The van der Waals surface area contributed by atoms with E-state index >= 15 is 0 Å². The quantitative estimate of drug-likeness (QED) is 0.455. The summed E-state index contributed by atoms with van der Waals surface area (Å²) in [4.78, 5) is 22.4. The summed E-state index contributed by atoms with van der Waals surface area (Å²) in [5, 5.41) is 0. The molecule has 1 aromatic carbocycles. The predicted octanol–water partition coefficient (Wildman–Crippen LogP) is 4.08. The fraction of sp³-hybridized carbons (Fsp3) is 0.500. The zero-order chi connectivity index (χ0) is 20.2. The molecule has 1 aliphatic rings. The lowest BCUT2D eigenvalue weighted by molar-refractivity contribution is 0.0163. The zero-order valence-electron chi connectivity index (χ0n) is 16.9. The lowest BCUT2D eigenvalue weighted by Gasteiger charge is -2.10. The lowest BCUT2D eigenvalue weighted by Crippen LogP contribution is -2.18. The largest absolute Gasteiger partial charge is 0.459 e. The molecule has 1 unspecified atom stereocenters. The van der Waals surface area contributed by atoms with Gasteiger partial charge in [0.05, 0.1) is 17.1 Å². The topological polar surface area (TPSA) is 92.3 Å². The average Bonchev–Trinajstić information content (AvgIpc) is 3.34. The van der Waals surface area contributed by atoms with Gasteiger partial charge in [-0.25, -0.2) is 14.8 Å². The van der Waals surface area contributed by atoms with E-state index in [0.29, 0.717) is 29.1 Å². The van der Waals surface area contributed by atoms with E-state index in [2.05, 4.69) is 6.92 Å². The molecule has 0 amide bonds. The molecule has 0 saturated carbocycles. The van der Waals surface area contributed by atoms with Crippen LogP contribution in [-0.2, 0) is 16.0 Å². The minimum Gasteiger partial charge on any atom is -0.459 e. The van der Waals surface area contributed by atoms with Gasteiger partial charge in [0.2, 0.25) is 0 Å². The second kappa shape index (κ2) is 8.78. The molecular weight excluding hydrogens is 368 g/mol. The van der Waals surface area contributed by atoms with Crippen molar-refractivity contribution in [2.24, 2.45) is 0 Å². The number of aromatic nitrogens is 3. The van der Waals surface area contributed by atoms with E-state index in [1.807, 2.05) is 28.8 Å². The zero-order valence-corrected chi connectivity index (χ0v) is 16.9. The van der Waals surface area contributed by atoms with Crippen LogP contribution in [0.25, 0.3) is 22.2 Å². The number of benzene rings is 1. The summed E-state index contributed by atoms with van der Waals surface area (Å²) in [6, 6.07) is 7.64. The van der Waals surface area contributed by atoms with Gasteiger partial charge in [0.15, 0.2) is 5.65 Å². The number of unbranched alkanes of at least 4 members (excludes halogenated alkanes) is 3. The molecule has 0 radical (unpaired) electrons. The summed E-state index contributed by atoms with van der Waals surface area (Å²) >= 11 is 0. The van der Waals surface area contributed by atoms with E-state index in [-0.39, 0.29) is 12.7 Å². The van der Waals surface area contributed by atoms with Gasteiger partial charge in [-0.2, -0.15) is 0 Å². The number of nitrogens with zero attached hydrogens (tertiary/aromatic N) is 3. The van der Waals surface area contributed by atoms with Crippen LogP contribution in [0.4, 0.5) is 5.82 Å². The molecule has 0 bridgehead atoms. The Hall–Kier alpha value is -2.67. The van der Waals surface area contributed by atoms with E-state index in [9.17, 15) is 4.79 Å². The maximum Gasteiger partial charge on any atom is 0.344 e. The number of nitrogen functional groups attached to an aromatic ring is 1. The van der Waals surface area contributed by atoms with Crippen LogP contribution in [0.3, 0.4) is 0 Å². The first-order chi connectivity index (χ1) is 14.2. The summed E-state index contributed by atoms with van der Waals surface area (Å²) in [6.45, 7) is 3.84. The summed E-state index contributed by atoms with van der Waals surface area (Å²) < 4.78 is 13.0. The Morgan fingerprint density at radius 2 is 2.03 bits per heavy atom. The SMILES string of the molecule is CCCCCCn1c(N)c(C(=O)OCC2CCCO2)c2nc3ccccc3nc21. The van der Waals surface area contributed by atoms with Gasteiger partial charge < -0.3 is 19.8 Å². The molecule has 154 valence electrons.